The predicted molar refractivity (Wildman–Crippen MR) is 68.8 cm³/mol. The Balaban J connectivity index is 2.94. The normalized spacial score (nSPS) is 11.8. The second-order valence-electron chi connectivity index (χ2n) is 4.55. The Bertz CT molecular complexity index is 364. The molecule has 0 aliphatic rings. The van der Waals surface area contributed by atoms with Crippen molar-refractivity contribution in [2.45, 2.75) is 46.8 Å². The van der Waals surface area contributed by atoms with Gasteiger partial charge < -0.3 is 10.1 Å². The molecule has 96 valence electrons. The first-order valence-electron chi connectivity index (χ1n) is 6.19. The van der Waals surface area contributed by atoms with Gasteiger partial charge >= 0.3 is 0 Å². The lowest BCUT2D eigenvalue weighted by atomic mass is 10.1. The highest BCUT2D eigenvalue weighted by molar-refractivity contribution is 5.17. The Morgan fingerprint density at radius 2 is 2.06 bits per heavy atom. The molecule has 4 heteroatoms. The lowest BCUT2D eigenvalue weighted by Crippen LogP contribution is -2.26. The molecule has 0 aliphatic carbocycles. The summed E-state index contributed by atoms with van der Waals surface area (Å²) < 4.78 is 5.67. The molecule has 0 spiro atoms. The van der Waals surface area contributed by atoms with Gasteiger partial charge in [0.05, 0.1) is 5.69 Å². The zero-order valence-corrected chi connectivity index (χ0v) is 11.5. The molecule has 1 aromatic heterocycles. The Labute approximate surface area is 104 Å². The quantitative estimate of drug-likeness (QED) is 0.823. The van der Waals surface area contributed by atoms with E-state index in [0.717, 1.165) is 30.2 Å². The summed E-state index contributed by atoms with van der Waals surface area (Å²) in [5.74, 6) is 0.748. The standard InChI is InChI=1S/C13H23N3O/c1-6-14-9-11-10(3)8-15-12(16-11)13(4,5)17-7-2/h8,14H,6-7,9H2,1-5H3. The van der Waals surface area contributed by atoms with Crippen LogP contribution in [0.3, 0.4) is 0 Å². The summed E-state index contributed by atoms with van der Waals surface area (Å²) in [5.41, 5.74) is 1.73. The number of nitrogens with one attached hydrogen (secondary N) is 1. The second-order valence-corrected chi connectivity index (χ2v) is 4.55. The topological polar surface area (TPSA) is 47.0 Å². The molecule has 0 saturated heterocycles. The molecule has 0 amide bonds. The minimum absolute atomic E-state index is 0.427. The Hall–Kier alpha value is -1.00. The molecule has 1 rings (SSSR count). The van der Waals surface area contributed by atoms with Gasteiger partial charge in [0.2, 0.25) is 0 Å². The molecule has 0 fully saturated rings. The fourth-order valence-corrected chi connectivity index (χ4v) is 1.62. The van der Waals surface area contributed by atoms with E-state index < -0.39 is 5.60 Å². The van der Waals surface area contributed by atoms with E-state index in [1.54, 1.807) is 0 Å². The first kappa shape index (κ1) is 14.1. The SMILES string of the molecule is CCNCc1nc(C(C)(C)OCC)ncc1C. The number of nitrogens with zero attached hydrogens (tertiary/aromatic N) is 2. The Morgan fingerprint density at radius 3 is 2.65 bits per heavy atom. The maximum atomic E-state index is 5.67. The van der Waals surface area contributed by atoms with Crippen molar-refractivity contribution in [2.24, 2.45) is 0 Å². The molecular weight excluding hydrogens is 214 g/mol. The number of hydrogen-bond acceptors (Lipinski definition) is 4. The molecule has 0 radical (unpaired) electrons. The summed E-state index contributed by atoms with van der Waals surface area (Å²) in [6.07, 6.45) is 1.87. The minimum atomic E-state index is -0.427. The van der Waals surface area contributed by atoms with Crippen LogP contribution in [0.25, 0.3) is 0 Å². The molecule has 0 saturated carbocycles. The molecule has 1 aromatic rings. The van der Waals surface area contributed by atoms with Crippen LogP contribution in [-0.2, 0) is 16.9 Å². The lowest BCUT2D eigenvalue weighted by molar-refractivity contribution is -0.0210. The van der Waals surface area contributed by atoms with Crippen LogP contribution in [0.15, 0.2) is 6.20 Å². The molecule has 0 aliphatic heterocycles. The molecule has 4 nitrogen and oxygen atoms in total. The van der Waals surface area contributed by atoms with E-state index in [9.17, 15) is 0 Å². The van der Waals surface area contributed by atoms with Gasteiger partial charge in [-0.25, -0.2) is 9.97 Å². The largest absolute Gasteiger partial charge is 0.368 e. The van der Waals surface area contributed by atoms with E-state index >= 15 is 0 Å². The number of aromatic nitrogens is 2. The van der Waals surface area contributed by atoms with Gasteiger partial charge in [-0.05, 0) is 39.8 Å². The fraction of sp³-hybridized carbons (Fsp3) is 0.692. The van der Waals surface area contributed by atoms with Crippen molar-refractivity contribution >= 4 is 0 Å². The summed E-state index contributed by atoms with van der Waals surface area (Å²) in [6.45, 7) is 12.5. The van der Waals surface area contributed by atoms with Crippen LogP contribution >= 0.6 is 0 Å². The van der Waals surface area contributed by atoms with Crippen LogP contribution in [0.2, 0.25) is 0 Å². The van der Waals surface area contributed by atoms with E-state index in [4.69, 9.17) is 4.74 Å². The second kappa shape index (κ2) is 6.07. The maximum absolute atomic E-state index is 5.67. The van der Waals surface area contributed by atoms with Gasteiger partial charge in [0, 0.05) is 19.3 Å². The van der Waals surface area contributed by atoms with E-state index in [2.05, 4.69) is 22.2 Å². The smallest absolute Gasteiger partial charge is 0.159 e. The molecule has 17 heavy (non-hydrogen) atoms. The van der Waals surface area contributed by atoms with Crippen LogP contribution in [0, 0.1) is 6.92 Å². The van der Waals surface area contributed by atoms with Gasteiger partial charge in [-0.3, -0.25) is 0 Å². The van der Waals surface area contributed by atoms with Gasteiger partial charge in [0.1, 0.15) is 5.60 Å². The highest BCUT2D eigenvalue weighted by Gasteiger charge is 2.24. The van der Waals surface area contributed by atoms with Crippen molar-refractivity contribution in [1.82, 2.24) is 15.3 Å². The van der Waals surface area contributed by atoms with E-state index in [1.165, 1.54) is 0 Å². The van der Waals surface area contributed by atoms with E-state index in [1.807, 2.05) is 33.9 Å². The third kappa shape index (κ3) is 3.75. The van der Waals surface area contributed by atoms with Gasteiger partial charge in [-0.2, -0.15) is 0 Å². The minimum Gasteiger partial charge on any atom is -0.368 e. The van der Waals surface area contributed by atoms with Crippen LogP contribution in [0.4, 0.5) is 0 Å². The van der Waals surface area contributed by atoms with Crippen LogP contribution < -0.4 is 5.32 Å². The van der Waals surface area contributed by atoms with E-state index in [0.29, 0.717) is 6.61 Å². The zero-order chi connectivity index (χ0) is 12.9. The Morgan fingerprint density at radius 1 is 1.35 bits per heavy atom. The zero-order valence-electron chi connectivity index (χ0n) is 11.5. The average molecular weight is 237 g/mol. The number of hydrogen-bond donors (Lipinski definition) is 1. The third-order valence-electron chi connectivity index (χ3n) is 2.66. The average Bonchev–Trinajstić information content (AvgIpc) is 2.27. The van der Waals surface area contributed by atoms with Crippen molar-refractivity contribution in [3.8, 4) is 0 Å². The molecule has 0 bridgehead atoms. The van der Waals surface area contributed by atoms with Crippen molar-refractivity contribution in [3.05, 3.63) is 23.3 Å². The van der Waals surface area contributed by atoms with Gasteiger partial charge in [0.25, 0.3) is 0 Å². The van der Waals surface area contributed by atoms with Crippen LogP contribution in [0.1, 0.15) is 44.8 Å². The van der Waals surface area contributed by atoms with Crippen molar-refractivity contribution in [3.63, 3.8) is 0 Å². The summed E-state index contributed by atoms with van der Waals surface area (Å²) in [4.78, 5) is 8.97. The highest BCUT2D eigenvalue weighted by Crippen LogP contribution is 2.21. The van der Waals surface area contributed by atoms with Gasteiger partial charge in [-0.1, -0.05) is 6.92 Å². The summed E-state index contributed by atoms with van der Waals surface area (Å²) in [7, 11) is 0. The molecule has 1 heterocycles. The third-order valence-corrected chi connectivity index (χ3v) is 2.66. The summed E-state index contributed by atoms with van der Waals surface area (Å²) in [5, 5.41) is 3.28. The first-order chi connectivity index (χ1) is 8.01. The first-order valence-corrected chi connectivity index (χ1v) is 6.19. The monoisotopic (exact) mass is 237 g/mol. The van der Waals surface area contributed by atoms with Crippen molar-refractivity contribution < 1.29 is 4.74 Å². The number of ether oxygens (including phenoxy) is 1. The van der Waals surface area contributed by atoms with Crippen LogP contribution in [0.5, 0.6) is 0 Å². The molecular formula is C13H23N3O. The molecule has 1 N–H and O–H groups in total. The van der Waals surface area contributed by atoms with Gasteiger partial charge in [-0.15, -0.1) is 0 Å². The number of aryl methyl sites for hydroxylation is 1. The van der Waals surface area contributed by atoms with Crippen molar-refractivity contribution in [2.75, 3.05) is 13.2 Å². The summed E-state index contributed by atoms with van der Waals surface area (Å²) >= 11 is 0. The number of rotatable bonds is 6. The van der Waals surface area contributed by atoms with Gasteiger partial charge in [0.15, 0.2) is 5.82 Å². The molecule has 0 aromatic carbocycles. The van der Waals surface area contributed by atoms with Crippen molar-refractivity contribution in [1.29, 1.82) is 0 Å². The van der Waals surface area contributed by atoms with Crippen LogP contribution in [-0.4, -0.2) is 23.1 Å². The Kier molecular flexibility index (Phi) is 5.02. The molecule has 0 atom stereocenters. The maximum Gasteiger partial charge on any atom is 0.159 e. The highest BCUT2D eigenvalue weighted by atomic mass is 16.5. The lowest BCUT2D eigenvalue weighted by Gasteiger charge is -2.23. The van der Waals surface area contributed by atoms with E-state index in [-0.39, 0.29) is 0 Å². The fourth-order valence-electron chi connectivity index (χ4n) is 1.62. The summed E-state index contributed by atoms with van der Waals surface area (Å²) in [6, 6.07) is 0. The molecule has 0 unspecified atom stereocenters. The predicted octanol–water partition coefficient (Wildman–Crippen LogP) is 2.17.